The molecule has 0 fully saturated rings. The van der Waals surface area contributed by atoms with Crippen molar-refractivity contribution in [2.24, 2.45) is 0 Å². The van der Waals surface area contributed by atoms with Crippen molar-refractivity contribution in [2.75, 3.05) is 38.0 Å². The highest BCUT2D eigenvalue weighted by Crippen LogP contribution is 2.28. The lowest BCUT2D eigenvalue weighted by atomic mass is 10.0. The van der Waals surface area contributed by atoms with Crippen LogP contribution in [0.4, 0.5) is 20.6 Å². The molecule has 4 N–H and O–H groups in total. The van der Waals surface area contributed by atoms with Gasteiger partial charge in [0.25, 0.3) is 0 Å². The first-order valence-corrected chi connectivity index (χ1v) is 12.0. The van der Waals surface area contributed by atoms with Gasteiger partial charge >= 0.3 is 12.0 Å². The summed E-state index contributed by atoms with van der Waals surface area (Å²) in [7, 11) is 2.86. The number of hydrogen-bond acceptors (Lipinski definition) is 7. The smallest absolute Gasteiger partial charge is 0.335 e. The summed E-state index contributed by atoms with van der Waals surface area (Å²) in [4.78, 5) is 36.1. The van der Waals surface area contributed by atoms with E-state index in [4.69, 9.17) is 19.3 Å². The van der Waals surface area contributed by atoms with Gasteiger partial charge < -0.3 is 35.3 Å². The molecule has 1 atom stereocenters. The number of halogens is 1. The number of carboxylic acid groups (broad SMARTS) is 1. The zero-order valence-electron chi connectivity index (χ0n) is 21.7. The number of ketones is 1. The van der Waals surface area contributed by atoms with Crippen molar-refractivity contribution in [1.82, 2.24) is 5.32 Å². The van der Waals surface area contributed by atoms with Gasteiger partial charge in [0.2, 0.25) is 0 Å². The van der Waals surface area contributed by atoms with Crippen molar-refractivity contribution in [1.29, 1.82) is 0 Å². The normalized spacial score (nSPS) is 11.3. The molecule has 10 nitrogen and oxygen atoms in total. The second kappa shape index (κ2) is 13.8. The van der Waals surface area contributed by atoms with E-state index in [1.165, 1.54) is 50.6 Å². The molecule has 3 aromatic carbocycles. The number of ether oxygens (including phenoxy) is 3. The Balaban J connectivity index is 1.50. The van der Waals surface area contributed by atoms with E-state index in [9.17, 15) is 18.8 Å². The molecule has 0 aromatic heterocycles. The maximum Gasteiger partial charge on any atom is 0.335 e. The Morgan fingerprint density at radius 1 is 0.897 bits per heavy atom. The SMILES string of the molecule is COc1cc(CC(=O)C(C)NCCOc2ccc(C(=O)O)cc2OC)ccc1NC(=O)Nc1ccccc1F. The second-order valence-electron chi connectivity index (χ2n) is 8.43. The summed E-state index contributed by atoms with van der Waals surface area (Å²) >= 11 is 0. The number of para-hydroxylation sites is 1. The van der Waals surface area contributed by atoms with Crippen molar-refractivity contribution in [3.05, 3.63) is 77.6 Å². The van der Waals surface area contributed by atoms with E-state index in [0.717, 1.165) is 0 Å². The van der Waals surface area contributed by atoms with Crippen LogP contribution < -0.4 is 30.2 Å². The van der Waals surface area contributed by atoms with E-state index < -0.39 is 23.9 Å². The molecule has 0 heterocycles. The number of carbonyl (C=O) groups is 3. The third-order valence-corrected chi connectivity index (χ3v) is 5.72. The Morgan fingerprint density at radius 3 is 2.31 bits per heavy atom. The van der Waals surface area contributed by atoms with Crippen molar-refractivity contribution in [3.63, 3.8) is 0 Å². The molecular formula is C28H30FN3O7. The molecule has 0 aliphatic carbocycles. The quantitative estimate of drug-likeness (QED) is 0.236. The number of benzene rings is 3. The Bertz CT molecular complexity index is 1330. The van der Waals surface area contributed by atoms with Crippen LogP contribution in [0.2, 0.25) is 0 Å². The highest BCUT2D eigenvalue weighted by molar-refractivity contribution is 6.00. The lowest BCUT2D eigenvalue weighted by Crippen LogP contribution is -2.37. The summed E-state index contributed by atoms with van der Waals surface area (Å²) < 4.78 is 30.0. The first-order chi connectivity index (χ1) is 18.7. The number of amides is 2. The second-order valence-corrected chi connectivity index (χ2v) is 8.43. The number of carboxylic acids is 1. The van der Waals surface area contributed by atoms with E-state index in [2.05, 4.69) is 16.0 Å². The van der Waals surface area contributed by atoms with Crippen LogP contribution in [-0.2, 0) is 11.2 Å². The van der Waals surface area contributed by atoms with E-state index in [-0.39, 0.29) is 30.1 Å². The molecule has 0 radical (unpaired) electrons. The van der Waals surface area contributed by atoms with Crippen LogP contribution in [0.1, 0.15) is 22.8 Å². The van der Waals surface area contributed by atoms with Gasteiger partial charge in [0.05, 0.1) is 37.2 Å². The Labute approximate surface area is 225 Å². The van der Waals surface area contributed by atoms with Gasteiger partial charge in [0, 0.05) is 13.0 Å². The number of urea groups is 1. The lowest BCUT2D eigenvalue weighted by Gasteiger charge is -2.16. The highest BCUT2D eigenvalue weighted by atomic mass is 19.1. The topological polar surface area (TPSA) is 135 Å². The summed E-state index contributed by atoms with van der Waals surface area (Å²) in [6.45, 7) is 2.33. The van der Waals surface area contributed by atoms with Crippen molar-refractivity contribution in [2.45, 2.75) is 19.4 Å². The molecular weight excluding hydrogens is 509 g/mol. The number of nitrogens with one attached hydrogen (secondary N) is 3. The fraction of sp³-hybridized carbons (Fsp3) is 0.250. The molecule has 1 unspecified atom stereocenters. The molecule has 2 amide bonds. The van der Waals surface area contributed by atoms with Crippen molar-refractivity contribution < 1.29 is 38.1 Å². The minimum absolute atomic E-state index is 0.0401. The van der Waals surface area contributed by atoms with E-state index >= 15 is 0 Å². The Hall–Kier alpha value is -4.64. The monoisotopic (exact) mass is 539 g/mol. The van der Waals surface area contributed by atoms with Gasteiger partial charge in [-0.25, -0.2) is 14.0 Å². The molecule has 0 spiro atoms. The summed E-state index contributed by atoms with van der Waals surface area (Å²) in [5.74, 6) is -0.652. The van der Waals surface area contributed by atoms with E-state index in [0.29, 0.717) is 35.0 Å². The van der Waals surface area contributed by atoms with E-state index in [1.807, 2.05) is 0 Å². The van der Waals surface area contributed by atoms with Gasteiger partial charge in [0.1, 0.15) is 18.2 Å². The Kier molecular flexibility index (Phi) is 10.2. The number of aromatic carboxylic acids is 1. The predicted molar refractivity (Wildman–Crippen MR) is 144 cm³/mol. The van der Waals surface area contributed by atoms with Crippen molar-refractivity contribution >= 4 is 29.2 Å². The predicted octanol–water partition coefficient (Wildman–Crippen LogP) is 4.35. The highest BCUT2D eigenvalue weighted by Gasteiger charge is 2.16. The number of rotatable bonds is 13. The molecule has 11 heteroatoms. The average Bonchev–Trinajstić information content (AvgIpc) is 2.92. The number of methoxy groups -OCH3 is 2. The molecule has 206 valence electrons. The van der Waals surface area contributed by atoms with Gasteiger partial charge in [-0.1, -0.05) is 18.2 Å². The summed E-state index contributed by atoms with van der Waals surface area (Å²) in [5.41, 5.74) is 1.17. The molecule has 0 saturated heterocycles. The van der Waals surface area contributed by atoms with E-state index in [1.54, 1.807) is 31.2 Å². The number of anilines is 2. The summed E-state index contributed by atoms with van der Waals surface area (Å²) in [6, 6.07) is 14.0. The van der Waals surface area contributed by atoms with Gasteiger partial charge in [-0.05, 0) is 55.0 Å². The fourth-order valence-corrected chi connectivity index (χ4v) is 3.61. The van der Waals surface area contributed by atoms with Gasteiger partial charge in [-0.2, -0.15) is 0 Å². The molecule has 0 saturated carbocycles. The first-order valence-electron chi connectivity index (χ1n) is 12.0. The van der Waals surface area contributed by atoms with Crippen LogP contribution in [0, 0.1) is 5.82 Å². The van der Waals surface area contributed by atoms with Gasteiger partial charge in [-0.15, -0.1) is 0 Å². The zero-order chi connectivity index (χ0) is 28.4. The van der Waals surface area contributed by atoms with Gasteiger partial charge in [0.15, 0.2) is 17.3 Å². The zero-order valence-corrected chi connectivity index (χ0v) is 21.7. The van der Waals surface area contributed by atoms with Crippen LogP contribution >= 0.6 is 0 Å². The van der Waals surface area contributed by atoms with Crippen LogP contribution in [0.5, 0.6) is 17.2 Å². The number of hydrogen-bond donors (Lipinski definition) is 4. The summed E-state index contributed by atoms with van der Waals surface area (Å²) in [5, 5.41) is 17.2. The van der Waals surface area contributed by atoms with Crippen molar-refractivity contribution in [3.8, 4) is 17.2 Å². The number of carbonyl (C=O) groups excluding carboxylic acids is 2. The Morgan fingerprint density at radius 2 is 1.62 bits per heavy atom. The minimum atomic E-state index is -1.07. The molecule has 39 heavy (non-hydrogen) atoms. The maximum absolute atomic E-state index is 13.8. The molecule has 3 rings (SSSR count). The minimum Gasteiger partial charge on any atom is -0.495 e. The van der Waals surface area contributed by atoms with Gasteiger partial charge in [-0.3, -0.25) is 4.79 Å². The summed E-state index contributed by atoms with van der Waals surface area (Å²) in [6.07, 6.45) is 0.123. The lowest BCUT2D eigenvalue weighted by molar-refractivity contribution is -0.120. The average molecular weight is 540 g/mol. The fourth-order valence-electron chi connectivity index (χ4n) is 3.61. The molecule has 0 bridgehead atoms. The molecule has 3 aromatic rings. The first kappa shape index (κ1) is 28.9. The molecule has 0 aliphatic heterocycles. The third-order valence-electron chi connectivity index (χ3n) is 5.72. The van der Waals surface area contributed by atoms with Crippen LogP contribution in [0.15, 0.2) is 60.7 Å². The third kappa shape index (κ3) is 8.17. The van der Waals surface area contributed by atoms with Crippen LogP contribution in [-0.4, -0.2) is 56.3 Å². The standard InChI is InChI=1S/C28H30FN3O7/c1-17(30-12-13-39-24-11-9-19(27(34)35)16-26(24)38-3)23(33)14-18-8-10-22(25(15-18)37-2)32-28(36)31-21-7-5-4-6-20(21)29/h4-11,15-17,30H,12-14H2,1-3H3,(H,34,35)(H2,31,32,36). The van der Waals surface area contributed by atoms with Crippen LogP contribution in [0.25, 0.3) is 0 Å². The maximum atomic E-state index is 13.8. The van der Waals surface area contributed by atoms with Crippen LogP contribution in [0.3, 0.4) is 0 Å². The number of Topliss-reactive ketones (excluding diaryl/α,β-unsaturated/α-hetero) is 1. The molecule has 0 aliphatic rings. The largest absolute Gasteiger partial charge is 0.495 e.